The summed E-state index contributed by atoms with van der Waals surface area (Å²) in [5.41, 5.74) is 4.60. The van der Waals surface area contributed by atoms with Gasteiger partial charge < -0.3 is 4.74 Å². The molecule has 0 aliphatic rings. The van der Waals surface area contributed by atoms with Gasteiger partial charge in [-0.25, -0.2) is 0 Å². The van der Waals surface area contributed by atoms with Gasteiger partial charge >= 0.3 is 0 Å². The molecule has 2 rings (SSSR count). The maximum Gasteiger partial charge on any atom is 0.273 e. The molecule has 0 atom stereocenters. The minimum atomic E-state index is -0.563. The van der Waals surface area contributed by atoms with E-state index in [1.807, 2.05) is 0 Å². The van der Waals surface area contributed by atoms with E-state index in [1.54, 1.807) is 24.3 Å². The third kappa shape index (κ3) is 6.71. The Morgan fingerprint density at radius 1 is 1.07 bits per heavy atom. The monoisotopic (exact) mass is 425 g/mol. The van der Waals surface area contributed by atoms with Gasteiger partial charge in [0.1, 0.15) is 5.75 Å². The molecule has 0 aliphatic heterocycles. The van der Waals surface area contributed by atoms with E-state index in [0.717, 1.165) is 0 Å². The van der Waals surface area contributed by atoms with Crippen molar-refractivity contribution in [3.8, 4) is 5.75 Å². The molecule has 0 saturated heterocycles. The van der Waals surface area contributed by atoms with Crippen molar-refractivity contribution in [2.24, 2.45) is 0 Å². The zero-order valence-electron chi connectivity index (χ0n) is 14.6. The summed E-state index contributed by atoms with van der Waals surface area (Å²) in [7, 11) is 0. The summed E-state index contributed by atoms with van der Waals surface area (Å²) in [5.74, 6) is -0.516. The van der Waals surface area contributed by atoms with Gasteiger partial charge in [-0.1, -0.05) is 41.4 Å². The van der Waals surface area contributed by atoms with E-state index in [4.69, 9.17) is 27.9 Å². The molecule has 2 amide bonds. The average Bonchev–Trinajstić information content (AvgIpc) is 2.65. The molecular formula is C18H17Cl2N3O5. The number of nitro groups is 1. The minimum Gasteiger partial charge on any atom is -0.492 e. The van der Waals surface area contributed by atoms with Gasteiger partial charge in [-0.15, -0.1) is 0 Å². The number of carbonyl (C=O) groups is 2. The molecule has 0 fully saturated rings. The van der Waals surface area contributed by atoms with Crippen LogP contribution in [-0.2, 0) is 16.0 Å². The van der Waals surface area contributed by atoms with Crippen molar-refractivity contribution in [2.75, 3.05) is 6.61 Å². The van der Waals surface area contributed by atoms with Crippen LogP contribution in [-0.4, -0.2) is 23.3 Å². The van der Waals surface area contributed by atoms with Crippen LogP contribution in [0.4, 0.5) is 5.69 Å². The van der Waals surface area contributed by atoms with Crippen LogP contribution in [0.1, 0.15) is 18.4 Å². The van der Waals surface area contributed by atoms with Gasteiger partial charge in [0.15, 0.2) is 0 Å². The molecule has 2 aromatic rings. The molecule has 0 radical (unpaired) electrons. The molecule has 0 aliphatic carbocycles. The third-order valence-corrected chi connectivity index (χ3v) is 4.11. The Balaban J connectivity index is 1.69. The molecule has 2 N–H and O–H groups in total. The first-order valence-corrected chi connectivity index (χ1v) is 9.00. The molecule has 0 spiro atoms. The number of hydrazine groups is 1. The van der Waals surface area contributed by atoms with Crippen molar-refractivity contribution in [3.05, 3.63) is 68.2 Å². The first-order valence-electron chi connectivity index (χ1n) is 8.24. The number of hydrogen-bond donors (Lipinski definition) is 2. The van der Waals surface area contributed by atoms with Crippen LogP contribution in [0.5, 0.6) is 5.75 Å². The molecule has 0 bridgehead atoms. The Labute approximate surface area is 170 Å². The van der Waals surface area contributed by atoms with Crippen LogP contribution in [0.2, 0.25) is 10.0 Å². The van der Waals surface area contributed by atoms with Crippen LogP contribution in [0.25, 0.3) is 0 Å². The highest BCUT2D eigenvalue weighted by atomic mass is 35.5. The maximum absolute atomic E-state index is 11.9. The molecule has 28 heavy (non-hydrogen) atoms. The highest BCUT2D eigenvalue weighted by molar-refractivity contribution is 6.35. The Hall–Kier alpha value is -2.84. The minimum absolute atomic E-state index is 0.108. The molecule has 0 heterocycles. The first kappa shape index (κ1) is 21.5. The number of nitro benzene ring substituents is 1. The number of para-hydroxylation sites is 1. The van der Waals surface area contributed by atoms with Gasteiger partial charge in [-0.3, -0.25) is 30.6 Å². The predicted octanol–water partition coefficient (Wildman–Crippen LogP) is 3.45. The number of rotatable bonds is 8. The molecule has 10 heteroatoms. The van der Waals surface area contributed by atoms with E-state index < -0.39 is 16.7 Å². The lowest BCUT2D eigenvalue weighted by atomic mass is 10.1. The van der Waals surface area contributed by atoms with Crippen LogP contribution in [0, 0.1) is 10.1 Å². The number of benzene rings is 2. The highest BCUT2D eigenvalue weighted by Gasteiger charge is 2.15. The molecule has 148 valence electrons. The summed E-state index contributed by atoms with van der Waals surface area (Å²) >= 11 is 11.8. The SMILES string of the molecule is O=C(CCCOc1ccc(Cl)cc1Cl)NNC(=O)Cc1ccccc1[N+](=O)[O-]. The Morgan fingerprint density at radius 3 is 2.50 bits per heavy atom. The van der Waals surface area contributed by atoms with E-state index in [1.165, 1.54) is 18.2 Å². The van der Waals surface area contributed by atoms with Crippen LogP contribution in [0.3, 0.4) is 0 Å². The standard InChI is InChI=1S/C18H17Cl2N3O5/c19-13-7-8-16(14(20)11-13)28-9-3-6-17(24)21-22-18(25)10-12-4-1-2-5-15(12)23(26)27/h1-2,4-5,7-8,11H,3,6,9-10H2,(H,21,24)(H,22,25). The number of halogens is 2. The van der Waals surface area contributed by atoms with Crippen molar-refractivity contribution in [2.45, 2.75) is 19.3 Å². The van der Waals surface area contributed by atoms with Crippen LogP contribution >= 0.6 is 23.2 Å². The predicted molar refractivity (Wildman–Crippen MR) is 104 cm³/mol. The van der Waals surface area contributed by atoms with Crippen molar-refractivity contribution >= 4 is 40.7 Å². The van der Waals surface area contributed by atoms with E-state index >= 15 is 0 Å². The highest BCUT2D eigenvalue weighted by Crippen LogP contribution is 2.27. The summed E-state index contributed by atoms with van der Waals surface area (Å²) in [6.45, 7) is 0.249. The van der Waals surface area contributed by atoms with Gasteiger partial charge in [0.2, 0.25) is 11.8 Å². The number of amides is 2. The van der Waals surface area contributed by atoms with Gasteiger partial charge in [0, 0.05) is 23.1 Å². The topological polar surface area (TPSA) is 111 Å². The van der Waals surface area contributed by atoms with E-state index in [2.05, 4.69) is 10.9 Å². The van der Waals surface area contributed by atoms with E-state index in [-0.39, 0.29) is 30.7 Å². The van der Waals surface area contributed by atoms with Crippen molar-refractivity contribution in [1.29, 1.82) is 0 Å². The number of carbonyl (C=O) groups excluding carboxylic acids is 2. The van der Waals surface area contributed by atoms with Crippen molar-refractivity contribution < 1.29 is 19.2 Å². The smallest absolute Gasteiger partial charge is 0.273 e. The molecule has 0 aromatic heterocycles. The molecule has 0 unspecified atom stereocenters. The van der Waals surface area contributed by atoms with Gasteiger partial charge in [-0.2, -0.15) is 0 Å². The molecule has 2 aromatic carbocycles. The molecule has 0 saturated carbocycles. The fraction of sp³-hybridized carbons (Fsp3) is 0.222. The van der Waals surface area contributed by atoms with Gasteiger partial charge in [-0.05, 0) is 24.6 Å². The van der Waals surface area contributed by atoms with E-state index in [9.17, 15) is 19.7 Å². The van der Waals surface area contributed by atoms with Gasteiger partial charge in [0.05, 0.1) is 23.0 Å². The Morgan fingerprint density at radius 2 is 1.79 bits per heavy atom. The second kappa shape index (κ2) is 10.5. The summed E-state index contributed by atoms with van der Waals surface area (Å²) in [5, 5.41) is 11.8. The third-order valence-electron chi connectivity index (χ3n) is 3.58. The Kier molecular flexibility index (Phi) is 8.03. The average molecular weight is 426 g/mol. The van der Waals surface area contributed by atoms with Crippen molar-refractivity contribution in [3.63, 3.8) is 0 Å². The number of nitrogens with one attached hydrogen (secondary N) is 2. The van der Waals surface area contributed by atoms with Crippen molar-refractivity contribution in [1.82, 2.24) is 10.9 Å². The van der Waals surface area contributed by atoms with Crippen LogP contribution < -0.4 is 15.6 Å². The second-order valence-corrected chi connectivity index (χ2v) is 6.53. The molecular weight excluding hydrogens is 409 g/mol. The lowest BCUT2D eigenvalue weighted by Crippen LogP contribution is -2.42. The summed E-state index contributed by atoms with van der Waals surface area (Å²) in [6, 6.07) is 10.7. The number of hydrogen-bond acceptors (Lipinski definition) is 5. The summed E-state index contributed by atoms with van der Waals surface area (Å²) in [6.07, 6.45) is 0.275. The number of nitrogens with zero attached hydrogens (tertiary/aromatic N) is 1. The normalized spacial score (nSPS) is 10.2. The van der Waals surface area contributed by atoms with Crippen LogP contribution in [0.15, 0.2) is 42.5 Å². The maximum atomic E-state index is 11.9. The Bertz CT molecular complexity index is 876. The summed E-state index contributed by atoms with van der Waals surface area (Å²) < 4.78 is 5.46. The zero-order valence-corrected chi connectivity index (χ0v) is 16.1. The lowest BCUT2D eigenvalue weighted by molar-refractivity contribution is -0.385. The lowest BCUT2D eigenvalue weighted by Gasteiger charge is -2.09. The second-order valence-electron chi connectivity index (χ2n) is 5.69. The first-order chi connectivity index (χ1) is 13.4. The zero-order chi connectivity index (χ0) is 20.5. The fourth-order valence-electron chi connectivity index (χ4n) is 2.26. The quantitative estimate of drug-likeness (QED) is 0.382. The fourth-order valence-corrected chi connectivity index (χ4v) is 2.73. The van der Waals surface area contributed by atoms with Gasteiger partial charge in [0.25, 0.3) is 5.69 Å². The largest absolute Gasteiger partial charge is 0.492 e. The van der Waals surface area contributed by atoms with E-state index in [0.29, 0.717) is 22.2 Å². The summed E-state index contributed by atoms with van der Waals surface area (Å²) in [4.78, 5) is 34.0. The number of ether oxygens (including phenoxy) is 1. The molecule has 8 nitrogen and oxygen atoms in total.